The number of halogens is 1. The van der Waals surface area contributed by atoms with Crippen molar-refractivity contribution in [3.63, 3.8) is 0 Å². The molecule has 1 amide bonds. The fourth-order valence-corrected chi connectivity index (χ4v) is 4.03. The molecule has 0 unspecified atom stereocenters. The van der Waals surface area contributed by atoms with Crippen molar-refractivity contribution in [2.75, 3.05) is 16.7 Å². The first kappa shape index (κ1) is 19.9. The molecule has 0 aliphatic heterocycles. The fraction of sp³-hybridized carbons (Fsp3) is 0.0952. The van der Waals surface area contributed by atoms with Gasteiger partial charge in [-0.05, 0) is 49.4 Å². The molecule has 28 heavy (non-hydrogen) atoms. The van der Waals surface area contributed by atoms with Gasteiger partial charge in [0.1, 0.15) is 0 Å². The van der Waals surface area contributed by atoms with Gasteiger partial charge in [0.25, 0.3) is 15.9 Å². The van der Waals surface area contributed by atoms with E-state index in [-0.39, 0.29) is 10.5 Å². The van der Waals surface area contributed by atoms with Gasteiger partial charge >= 0.3 is 0 Å². The van der Waals surface area contributed by atoms with Crippen molar-refractivity contribution in [3.8, 4) is 0 Å². The number of rotatable bonds is 5. The molecule has 0 fully saturated rings. The first-order valence-corrected chi connectivity index (χ1v) is 10.3. The van der Waals surface area contributed by atoms with Crippen molar-refractivity contribution in [2.45, 2.75) is 11.8 Å². The number of benzene rings is 3. The minimum Gasteiger partial charge on any atom is -0.321 e. The molecule has 0 aromatic heterocycles. The van der Waals surface area contributed by atoms with Crippen LogP contribution in [0.5, 0.6) is 0 Å². The van der Waals surface area contributed by atoms with Gasteiger partial charge in [-0.2, -0.15) is 0 Å². The predicted octanol–water partition coefficient (Wildman–Crippen LogP) is 4.73. The Morgan fingerprint density at radius 3 is 2.32 bits per heavy atom. The minimum atomic E-state index is -3.81. The normalized spacial score (nSPS) is 11.1. The second-order valence-corrected chi connectivity index (χ2v) is 8.65. The van der Waals surface area contributed by atoms with Crippen molar-refractivity contribution in [2.24, 2.45) is 0 Å². The first-order valence-electron chi connectivity index (χ1n) is 8.50. The molecule has 3 aromatic carbocycles. The Balaban J connectivity index is 1.88. The van der Waals surface area contributed by atoms with Gasteiger partial charge in [0.05, 0.1) is 21.3 Å². The second kappa shape index (κ2) is 8.04. The first-order chi connectivity index (χ1) is 13.3. The van der Waals surface area contributed by atoms with Crippen LogP contribution in [0.25, 0.3) is 0 Å². The summed E-state index contributed by atoms with van der Waals surface area (Å²) >= 11 is 6.06. The number of carbonyl (C=O) groups excluding carboxylic acids is 1. The Labute approximate surface area is 169 Å². The summed E-state index contributed by atoms with van der Waals surface area (Å²) in [5.41, 5.74) is 2.25. The maximum absolute atomic E-state index is 13.0. The van der Waals surface area contributed by atoms with Gasteiger partial charge in [0.15, 0.2) is 0 Å². The SMILES string of the molecule is Cc1ccc(N(C)S(=O)(=O)c2cccc(C(=O)Nc3ccccc3Cl)c2)cc1. The molecule has 0 heterocycles. The lowest BCUT2D eigenvalue weighted by molar-refractivity contribution is 0.102. The fourth-order valence-electron chi connectivity index (χ4n) is 2.61. The van der Waals surface area contributed by atoms with Gasteiger partial charge in [-0.3, -0.25) is 9.10 Å². The Morgan fingerprint density at radius 2 is 1.64 bits per heavy atom. The Kier molecular flexibility index (Phi) is 5.72. The summed E-state index contributed by atoms with van der Waals surface area (Å²) in [6.07, 6.45) is 0. The monoisotopic (exact) mass is 414 g/mol. The maximum Gasteiger partial charge on any atom is 0.264 e. The molecular weight excluding hydrogens is 396 g/mol. The van der Waals surface area contributed by atoms with Crippen molar-refractivity contribution in [1.29, 1.82) is 0 Å². The van der Waals surface area contributed by atoms with E-state index in [4.69, 9.17) is 11.6 Å². The highest BCUT2D eigenvalue weighted by Crippen LogP contribution is 2.24. The van der Waals surface area contributed by atoms with Crippen LogP contribution in [0.1, 0.15) is 15.9 Å². The topological polar surface area (TPSA) is 66.5 Å². The van der Waals surface area contributed by atoms with Gasteiger partial charge in [-0.25, -0.2) is 8.42 Å². The third-order valence-corrected chi connectivity index (χ3v) is 6.39. The molecule has 5 nitrogen and oxygen atoms in total. The number of amides is 1. The van der Waals surface area contributed by atoms with E-state index in [1.165, 1.54) is 29.6 Å². The molecule has 0 saturated heterocycles. The lowest BCUT2D eigenvalue weighted by atomic mass is 10.2. The Hall–Kier alpha value is -2.83. The molecular formula is C21H19ClN2O3S. The number of para-hydroxylation sites is 1. The molecule has 0 radical (unpaired) electrons. The number of nitrogens with one attached hydrogen (secondary N) is 1. The molecule has 0 aliphatic rings. The molecule has 144 valence electrons. The van der Waals surface area contributed by atoms with Crippen LogP contribution in [0, 0.1) is 6.92 Å². The molecule has 0 bridgehead atoms. The Bertz CT molecular complexity index is 1110. The van der Waals surface area contributed by atoms with Gasteiger partial charge in [-0.15, -0.1) is 0 Å². The second-order valence-electron chi connectivity index (χ2n) is 6.27. The van der Waals surface area contributed by atoms with Crippen molar-refractivity contribution < 1.29 is 13.2 Å². The molecule has 7 heteroatoms. The van der Waals surface area contributed by atoms with Crippen LogP contribution < -0.4 is 9.62 Å². The highest BCUT2D eigenvalue weighted by molar-refractivity contribution is 7.92. The zero-order valence-electron chi connectivity index (χ0n) is 15.4. The quantitative estimate of drug-likeness (QED) is 0.656. The van der Waals surface area contributed by atoms with E-state index in [9.17, 15) is 13.2 Å². The molecule has 1 N–H and O–H groups in total. The Morgan fingerprint density at radius 1 is 0.964 bits per heavy atom. The summed E-state index contributed by atoms with van der Waals surface area (Å²) in [5.74, 6) is -0.442. The van der Waals surface area contributed by atoms with E-state index < -0.39 is 15.9 Å². The number of hydrogen-bond donors (Lipinski definition) is 1. The smallest absolute Gasteiger partial charge is 0.264 e. The van der Waals surface area contributed by atoms with Crippen molar-refractivity contribution in [1.82, 2.24) is 0 Å². The average Bonchev–Trinajstić information content (AvgIpc) is 2.70. The van der Waals surface area contributed by atoms with E-state index in [0.717, 1.165) is 5.56 Å². The highest BCUT2D eigenvalue weighted by Gasteiger charge is 2.22. The highest BCUT2D eigenvalue weighted by atomic mass is 35.5. The molecule has 3 rings (SSSR count). The van der Waals surface area contributed by atoms with Crippen molar-refractivity contribution >= 4 is 38.9 Å². The standard InChI is InChI=1S/C21H19ClN2O3S/c1-15-10-12-17(13-11-15)24(2)28(26,27)18-7-5-6-16(14-18)21(25)23-20-9-4-3-8-19(20)22/h3-14H,1-2H3,(H,23,25). The maximum atomic E-state index is 13.0. The van der Waals surface area contributed by atoms with Gasteiger partial charge in [-0.1, -0.05) is 47.5 Å². The number of hydrogen-bond acceptors (Lipinski definition) is 3. The molecule has 3 aromatic rings. The number of sulfonamides is 1. The summed E-state index contributed by atoms with van der Waals surface area (Å²) in [7, 11) is -2.33. The van der Waals surface area contributed by atoms with Crippen LogP contribution >= 0.6 is 11.6 Å². The number of aryl methyl sites for hydroxylation is 1. The van der Waals surface area contributed by atoms with E-state index in [0.29, 0.717) is 16.4 Å². The number of carbonyl (C=O) groups is 1. The van der Waals surface area contributed by atoms with Gasteiger partial charge in [0.2, 0.25) is 0 Å². The summed E-state index contributed by atoms with van der Waals surface area (Å²) in [4.78, 5) is 12.6. The summed E-state index contributed by atoms with van der Waals surface area (Å²) in [6.45, 7) is 1.93. The van der Waals surface area contributed by atoms with Crippen LogP contribution in [-0.2, 0) is 10.0 Å². The summed E-state index contributed by atoms with van der Waals surface area (Å²) < 4.78 is 27.1. The number of anilines is 2. The van der Waals surface area contributed by atoms with Gasteiger partial charge < -0.3 is 5.32 Å². The lowest BCUT2D eigenvalue weighted by Gasteiger charge is -2.20. The third kappa shape index (κ3) is 4.18. The summed E-state index contributed by atoms with van der Waals surface area (Å²) in [6, 6.07) is 19.9. The van der Waals surface area contributed by atoms with Crippen molar-refractivity contribution in [3.05, 3.63) is 88.9 Å². The largest absolute Gasteiger partial charge is 0.321 e. The molecule has 0 saturated carbocycles. The van der Waals surface area contributed by atoms with Gasteiger partial charge in [0, 0.05) is 12.6 Å². The zero-order valence-corrected chi connectivity index (χ0v) is 17.0. The predicted molar refractivity (Wildman–Crippen MR) is 113 cm³/mol. The third-order valence-electron chi connectivity index (χ3n) is 4.27. The lowest BCUT2D eigenvalue weighted by Crippen LogP contribution is -2.26. The van der Waals surface area contributed by atoms with Crippen LogP contribution in [0.3, 0.4) is 0 Å². The molecule has 0 atom stereocenters. The molecule has 0 spiro atoms. The minimum absolute atomic E-state index is 0.0300. The molecule has 0 aliphatic carbocycles. The zero-order chi connectivity index (χ0) is 20.3. The van der Waals surface area contributed by atoms with E-state index >= 15 is 0 Å². The number of nitrogens with zero attached hydrogens (tertiary/aromatic N) is 1. The van der Waals surface area contributed by atoms with Crippen LogP contribution in [0.15, 0.2) is 77.7 Å². The average molecular weight is 415 g/mol. The van der Waals surface area contributed by atoms with Crippen LogP contribution in [-0.4, -0.2) is 21.4 Å². The van der Waals surface area contributed by atoms with E-state index in [1.54, 1.807) is 42.5 Å². The van der Waals surface area contributed by atoms with E-state index in [1.807, 2.05) is 19.1 Å². The van der Waals surface area contributed by atoms with Crippen LogP contribution in [0.4, 0.5) is 11.4 Å². The van der Waals surface area contributed by atoms with Crippen LogP contribution in [0.2, 0.25) is 5.02 Å². The summed E-state index contributed by atoms with van der Waals surface area (Å²) in [5, 5.41) is 3.09. The van der Waals surface area contributed by atoms with E-state index in [2.05, 4.69) is 5.32 Å².